The van der Waals surface area contributed by atoms with Gasteiger partial charge in [-0.1, -0.05) is 36.7 Å². The monoisotopic (exact) mass is 625 g/mol. The van der Waals surface area contributed by atoms with Crippen molar-refractivity contribution >= 4 is 39.0 Å². The van der Waals surface area contributed by atoms with E-state index < -0.39 is 27.8 Å². The summed E-state index contributed by atoms with van der Waals surface area (Å²) >= 11 is 6.39. The van der Waals surface area contributed by atoms with Gasteiger partial charge >= 0.3 is 0 Å². The summed E-state index contributed by atoms with van der Waals surface area (Å²) in [5.41, 5.74) is 3.35. The lowest BCUT2D eigenvalue weighted by atomic mass is 9.68. The summed E-state index contributed by atoms with van der Waals surface area (Å²) in [7, 11) is -3.33. The molecular weight excluding hydrogens is 586 g/mol. The maximum atomic E-state index is 13.7. The number of aliphatic hydroxyl groups excluding tert-OH is 1. The zero-order valence-electron chi connectivity index (χ0n) is 24.6. The molecule has 230 valence electrons. The molecule has 2 N–H and O–H groups in total. The number of hydrogen-bond acceptors (Lipinski definition) is 6. The molecular formula is C33H40ClN3O5S. The number of hydrogen-bond donors (Lipinski definition) is 2. The molecule has 1 spiro atoms. The Morgan fingerprint density at radius 3 is 2.88 bits per heavy atom. The van der Waals surface area contributed by atoms with Gasteiger partial charge < -0.3 is 14.7 Å². The van der Waals surface area contributed by atoms with E-state index in [1.165, 1.54) is 11.1 Å². The minimum atomic E-state index is -3.33. The van der Waals surface area contributed by atoms with Crippen LogP contribution in [0.3, 0.4) is 0 Å². The number of aliphatic hydroxyl groups is 1. The van der Waals surface area contributed by atoms with Crippen LogP contribution in [0.1, 0.15) is 73.4 Å². The highest BCUT2D eigenvalue weighted by Crippen LogP contribution is 2.46. The number of allylic oxidation sites excluding steroid dienone is 1. The number of carbonyl (C=O) groups excluding carboxylic acids is 2. The fraction of sp³-hybridized carbons (Fsp3) is 0.515. The fourth-order valence-electron chi connectivity index (χ4n) is 7.13. The highest BCUT2D eigenvalue weighted by Gasteiger charge is 2.44. The van der Waals surface area contributed by atoms with Crippen LogP contribution in [0.4, 0.5) is 5.69 Å². The van der Waals surface area contributed by atoms with E-state index >= 15 is 0 Å². The molecule has 2 aliphatic heterocycles. The topological polar surface area (TPSA) is 108 Å². The number of halogens is 1. The lowest BCUT2D eigenvalue weighted by molar-refractivity contribution is -0.118. The average Bonchev–Trinajstić information content (AvgIpc) is 3.11. The van der Waals surface area contributed by atoms with Gasteiger partial charge in [-0.05, 0) is 98.2 Å². The van der Waals surface area contributed by atoms with Gasteiger partial charge in [-0.2, -0.15) is 0 Å². The lowest BCUT2D eigenvalue weighted by Crippen LogP contribution is -2.49. The van der Waals surface area contributed by atoms with Crippen molar-refractivity contribution in [3.05, 3.63) is 70.3 Å². The van der Waals surface area contributed by atoms with Crippen molar-refractivity contribution in [2.45, 2.75) is 69.8 Å². The van der Waals surface area contributed by atoms with E-state index in [-0.39, 0.29) is 29.4 Å². The van der Waals surface area contributed by atoms with Crippen molar-refractivity contribution in [2.24, 2.45) is 16.2 Å². The predicted molar refractivity (Wildman–Crippen MR) is 169 cm³/mol. The van der Waals surface area contributed by atoms with Crippen molar-refractivity contribution in [1.82, 2.24) is 4.72 Å². The van der Waals surface area contributed by atoms with Crippen LogP contribution >= 0.6 is 11.6 Å². The van der Waals surface area contributed by atoms with Gasteiger partial charge in [-0.3, -0.25) is 14.3 Å². The zero-order chi connectivity index (χ0) is 30.2. The first-order valence-electron chi connectivity index (χ1n) is 15.4. The molecule has 4 aliphatic rings. The van der Waals surface area contributed by atoms with Crippen LogP contribution in [0, 0.1) is 11.8 Å². The van der Waals surface area contributed by atoms with E-state index in [2.05, 4.69) is 26.1 Å². The van der Waals surface area contributed by atoms with Gasteiger partial charge in [0.25, 0.3) is 5.91 Å². The molecule has 5 atom stereocenters. The number of nitrogens with one attached hydrogen (secondary N) is 1. The Balaban J connectivity index is 1.43. The Kier molecular flexibility index (Phi) is 8.59. The molecule has 0 saturated heterocycles. The van der Waals surface area contributed by atoms with E-state index in [4.69, 9.17) is 16.3 Å². The van der Waals surface area contributed by atoms with Crippen LogP contribution in [0.25, 0.3) is 0 Å². The molecule has 6 rings (SSSR count). The summed E-state index contributed by atoms with van der Waals surface area (Å²) in [5.74, 6) is 0.114. The van der Waals surface area contributed by atoms with E-state index in [0.717, 1.165) is 42.8 Å². The number of anilines is 1. The van der Waals surface area contributed by atoms with Crippen LogP contribution in [-0.4, -0.2) is 52.7 Å². The summed E-state index contributed by atoms with van der Waals surface area (Å²) in [5, 5.41) is 11.8. The van der Waals surface area contributed by atoms with Gasteiger partial charge in [-0.15, -0.1) is 4.36 Å². The number of carbonyl (C=O) groups is 2. The first kappa shape index (κ1) is 30.2. The largest absolute Gasteiger partial charge is 0.490 e. The molecule has 2 aromatic carbocycles. The maximum Gasteiger partial charge on any atom is 0.286 e. The van der Waals surface area contributed by atoms with E-state index in [1.54, 1.807) is 25.1 Å². The number of nitrogens with zero attached hydrogens (tertiary/aromatic N) is 2. The molecule has 10 heteroatoms. The fourth-order valence-corrected chi connectivity index (χ4v) is 9.00. The SMILES string of the molecule is CCC(=O)NS1(=O)=NC(=O)c2ccc3c(c2)N(C[C@@H]2CC[C@H]2[C@@H](O)/C=C/CCC1)C[C@@]1(CCCc2cc(Cl)ccc21)CO3. The molecule has 1 saturated carbocycles. The average molecular weight is 626 g/mol. The standard InChI is InChI=1S/C33H40ClN3O5S/c1-2-31(39)35-43(41)16-5-3-4-8-29(38)26-12-9-24(26)19-37-20-33(15-6-7-22-17-25(34)11-13-27(22)33)21-42-30-14-10-23(18-28(30)37)32(40)36-43/h4,8,10-11,13-14,17-18,24,26,29,38H,2-3,5-7,9,12,15-16,19-21H2,1H3,(H,35,36,39,40,41)/b8-4+/t24-,26+,29-,33-,43?/m0/s1. The smallest absolute Gasteiger partial charge is 0.286 e. The third kappa shape index (κ3) is 6.22. The van der Waals surface area contributed by atoms with Gasteiger partial charge in [0, 0.05) is 35.5 Å². The molecule has 2 aromatic rings. The van der Waals surface area contributed by atoms with Crippen LogP contribution in [-0.2, 0) is 26.5 Å². The molecule has 43 heavy (non-hydrogen) atoms. The molecule has 0 aromatic heterocycles. The maximum absolute atomic E-state index is 13.7. The molecule has 1 unspecified atom stereocenters. The Morgan fingerprint density at radius 2 is 2.09 bits per heavy atom. The normalized spacial score (nSPS) is 31.4. The third-order valence-corrected chi connectivity index (χ3v) is 11.7. The molecule has 0 radical (unpaired) electrons. The number of benzene rings is 2. The number of fused-ring (bicyclic) bond motifs is 4. The molecule has 2 bridgehead atoms. The third-order valence-electron chi connectivity index (χ3n) is 9.60. The van der Waals surface area contributed by atoms with E-state index in [0.29, 0.717) is 43.9 Å². The molecule has 2 amide bonds. The highest BCUT2D eigenvalue weighted by molar-refractivity contribution is 7.92. The summed E-state index contributed by atoms with van der Waals surface area (Å²) in [6.45, 7) is 3.58. The minimum Gasteiger partial charge on any atom is -0.490 e. The number of rotatable bonds is 2. The summed E-state index contributed by atoms with van der Waals surface area (Å²) in [6.07, 6.45) is 9.28. The van der Waals surface area contributed by atoms with Crippen molar-refractivity contribution in [1.29, 1.82) is 0 Å². The highest BCUT2D eigenvalue weighted by atomic mass is 35.5. The molecule has 2 aliphatic carbocycles. The Labute approximate surface area is 259 Å². The van der Waals surface area contributed by atoms with E-state index in [9.17, 15) is 18.9 Å². The summed E-state index contributed by atoms with van der Waals surface area (Å²) < 4.78 is 26.9. The Bertz CT molecular complexity index is 1570. The molecule has 8 nitrogen and oxygen atoms in total. The number of ether oxygens (including phenoxy) is 1. The number of aryl methyl sites for hydroxylation is 1. The van der Waals surface area contributed by atoms with Crippen molar-refractivity contribution in [3.8, 4) is 5.75 Å². The Hall–Kier alpha value is -2.88. The summed E-state index contributed by atoms with van der Waals surface area (Å²) in [4.78, 5) is 28.1. The van der Waals surface area contributed by atoms with Crippen molar-refractivity contribution in [3.63, 3.8) is 0 Å². The van der Waals surface area contributed by atoms with Crippen LogP contribution < -0.4 is 14.4 Å². The van der Waals surface area contributed by atoms with Gasteiger partial charge in [0.1, 0.15) is 15.7 Å². The minimum absolute atomic E-state index is 0.0447. The van der Waals surface area contributed by atoms with Gasteiger partial charge in [-0.25, -0.2) is 4.21 Å². The van der Waals surface area contributed by atoms with Crippen molar-refractivity contribution < 1.29 is 23.6 Å². The summed E-state index contributed by atoms with van der Waals surface area (Å²) in [6, 6.07) is 11.4. The predicted octanol–water partition coefficient (Wildman–Crippen LogP) is 5.60. The number of amides is 2. The second-order valence-electron chi connectivity index (χ2n) is 12.5. The molecule has 1 fully saturated rings. The second kappa shape index (κ2) is 12.3. The first-order valence-corrected chi connectivity index (χ1v) is 17.5. The Morgan fingerprint density at radius 1 is 1.23 bits per heavy atom. The van der Waals surface area contributed by atoms with Crippen LogP contribution in [0.5, 0.6) is 5.75 Å². The molecule has 2 heterocycles. The van der Waals surface area contributed by atoms with Gasteiger partial charge in [0.15, 0.2) is 0 Å². The van der Waals surface area contributed by atoms with Crippen molar-refractivity contribution in [2.75, 3.05) is 30.3 Å². The van der Waals surface area contributed by atoms with E-state index in [1.807, 2.05) is 18.2 Å². The lowest BCUT2D eigenvalue weighted by Gasteiger charge is -2.45. The van der Waals surface area contributed by atoms with Crippen LogP contribution in [0.15, 0.2) is 52.9 Å². The quantitative estimate of drug-likeness (QED) is 0.421. The zero-order valence-corrected chi connectivity index (χ0v) is 26.2. The first-order chi connectivity index (χ1) is 20.7. The second-order valence-corrected chi connectivity index (χ2v) is 15.0. The van der Waals surface area contributed by atoms with Gasteiger partial charge in [0.05, 0.1) is 24.2 Å². The van der Waals surface area contributed by atoms with Crippen LogP contribution in [0.2, 0.25) is 5.02 Å². The van der Waals surface area contributed by atoms with Gasteiger partial charge in [0.2, 0.25) is 5.91 Å².